The molecule has 0 saturated carbocycles. The van der Waals surface area contributed by atoms with Crippen molar-refractivity contribution < 1.29 is 14.7 Å². The number of carbonyl (C=O) groups excluding carboxylic acids is 2. The zero-order valence-electron chi connectivity index (χ0n) is 16.2. The highest BCUT2D eigenvalue weighted by molar-refractivity contribution is 5.83. The Morgan fingerprint density at radius 1 is 1.07 bits per heavy atom. The predicted octanol–water partition coefficient (Wildman–Crippen LogP) is 2.92. The number of carbonyl (C=O) groups is 2. The van der Waals surface area contributed by atoms with Crippen LogP contribution in [0.1, 0.15) is 43.6 Å². The normalized spacial score (nSPS) is 23.2. The lowest BCUT2D eigenvalue weighted by Crippen LogP contribution is -2.47. The summed E-state index contributed by atoms with van der Waals surface area (Å²) in [6.07, 6.45) is 3.13. The van der Waals surface area contributed by atoms with Crippen molar-refractivity contribution in [2.24, 2.45) is 0 Å². The minimum absolute atomic E-state index is 0.0365. The van der Waals surface area contributed by atoms with Crippen molar-refractivity contribution in [3.05, 3.63) is 48.0 Å². The van der Waals surface area contributed by atoms with Crippen molar-refractivity contribution in [1.82, 2.24) is 9.80 Å². The molecular weight excluding hydrogens is 352 g/mol. The van der Waals surface area contributed by atoms with E-state index in [1.165, 1.54) is 10.8 Å². The summed E-state index contributed by atoms with van der Waals surface area (Å²) < 4.78 is 0. The zero-order valence-corrected chi connectivity index (χ0v) is 16.2. The van der Waals surface area contributed by atoms with E-state index in [0.717, 1.165) is 31.4 Å². The van der Waals surface area contributed by atoms with Gasteiger partial charge in [0.2, 0.25) is 11.8 Å². The first-order chi connectivity index (χ1) is 13.6. The first-order valence-electron chi connectivity index (χ1n) is 10.3. The lowest BCUT2D eigenvalue weighted by molar-refractivity contribution is -0.137. The minimum atomic E-state index is -0.560. The summed E-state index contributed by atoms with van der Waals surface area (Å²) >= 11 is 0. The maximum atomic E-state index is 12.6. The minimum Gasteiger partial charge on any atom is -0.391 e. The number of amides is 2. The standard InChI is InChI=1S/C23H28N2O3/c26-21-16-25(23(28)11-14-24-12-4-3-7-22(24)27)13-10-20(21)19-9-8-17-5-1-2-6-18(17)15-19/h1-2,5-6,8-9,15,20-21,26H,3-4,7,10-14,16H2. The maximum Gasteiger partial charge on any atom is 0.224 e. The summed E-state index contributed by atoms with van der Waals surface area (Å²) in [7, 11) is 0. The van der Waals surface area contributed by atoms with E-state index in [0.29, 0.717) is 32.5 Å². The summed E-state index contributed by atoms with van der Waals surface area (Å²) in [5.74, 6) is 0.251. The molecule has 0 aromatic heterocycles. The van der Waals surface area contributed by atoms with Crippen molar-refractivity contribution >= 4 is 22.6 Å². The van der Waals surface area contributed by atoms with Gasteiger partial charge in [-0.3, -0.25) is 9.59 Å². The molecule has 0 radical (unpaired) electrons. The quantitative estimate of drug-likeness (QED) is 0.887. The third kappa shape index (κ3) is 4.04. The number of rotatable bonds is 4. The van der Waals surface area contributed by atoms with E-state index >= 15 is 0 Å². The second kappa shape index (κ2) is 8.31. The highest BCUT2D eigenvalue weighted by atomic mass is 16.3. The van der Waals surface area contributed by atoms with Crippen LogP contribution < -0.4 is 0 Å². The van der Waals surface area contributed by atoms with E-state index < -0.39 is 6.10 Å². The Morgan fingerprint density at radius 2 is 1.89 bits per heavy atom. The number of hydrogen-bond donors (Lipinski definition) is 1. The van der Waals surface area contributed by atoms with E-state index in [9.17, 15) is 14.7 Å². The number of nitrogens with zero attached hydrogens (tertiary/aromatic N) is 2. The molecule has 5 heteroatoms. The lowest BCUT2D eigenvalue weighted by Gasteiger charge is -2.37. The van der Waals surface area contributed by atoms with Crippen LogP contribution in [-0.4, -0.2) is 59.0 Å². The predicted molar refractivity (Wildman–Crippen MR) is 109 cm³/mol. The van der Waals surface area contributed by atoms with E-state index in [1.807, 2.05) is 12.1 Å². The summed E-state index contributed by atoms with van der Waals surface area (Å²) in [5.41, 5.74) is 1.14. The van der Waals surface area contributed by atoms with Gasteiger partial charge in [-0.2, -0.15) is 0 Å². The third-order valence-electron chi connectivity index (χ3n) is 6.15. The van der Waals surface area contributed by atoms with E-state index in [4.69, 9.17) is 0 Å². The van der Waals surface area contributed by atoms with Gasteiger partial charge in [0.05, 0.1) is 6.10 Å². The summed E-state index contributed by atoms with van der Waals surface area (Å²) in [6, 6.07) is 14.6. The summed E-state index contributed by atoms with van der Waals surface area (Å²) in [5, 5.41) is 13.1. The molecule has 2 fully saturated rings. The van der Waals surface area contributed by atoms with Crippen molar-refractivity contribution in [3.63, 3.8) is 0 Å². The van der Waals surface area contributed by atoms with Crippen LogP contribution >= 0.6 is 0 Å². The number of aliphatic hydroxyl groups excluding tert-OH is 1. The SMILES string of the molecule is O=C1CCCCN1CCC(=O)N1CCC(c2ccc3ccccc3c2)C(O)C1. The lowest BCUT2D eigenvalue weighted by atomic mass is 9.86. The van der Waals surface area contributed by atoms with E-state index in [1.54, 1.807) is 9.80 Å². The van der Waals surface area contributed by atoms with Crippen molar-refractivity contribution in [1.29, 1.82) is 0 Å². The number of hydrogen-bond acceptors (Lipinski definition) is 3. The van der Waals surface area contributed by atoms with Gasteiger partial charge in [0.25, 0.3) is 0 Å². The van der Waals surface area contributed by atoms with Gasteiger partial charge in [0, 0.05) is 44.9 Å². The average molecular weight is 380 g/mol. The molecule has 148 valence electrons. The Bertz CT molecular complexity index is 866. The van der Waals surface area contributed by atoms with E-state index in [-0.39, 0.29) is 17.7 Å². The van der Waals surface area contributed by atoms with Crippen molar-refractivity contribution in [2.45, 2.75) is 44.1 Å². The molecule has 2 aliphatic heterocycles. The monoisotopic (exact) mass is 380 g/mol. The van der Waals surface area contributed by atoms with Crippen LogP contribution in [0.4, 0.5) is 0 Å². The second-order valence-corrected chi connectivity index (χ2v) is 8.00. The molecule has 2 aromatic carbocycles. The molecule has 1 N–H and O–H groups in total. The maximum absolute atomic E-state index is 12.6. The third-order valence-corrected chi connectivity index (χ3v) is 6.15. The Hall–Kier alpha value is -2.40. The Labute approximate surface area is 165 Å². The number of likely N-dealkylation sites (tertiary alicyclic amines) is 2. The van der Waals surface area contributed by atoms with Gasteiger partial charge in [-0.05, 0) is 35.6 Å². The van der Waals surface area contributed by atoms with Crippen LogP contribution in [0.25, 0.3) is 10.8 Å². The second-order valence-electron chi connectivity index (χ2n) is 8.00. The van der Waals surface area contributed by atoms with Crippen molar-refractivity contribution in [3.8, 4) is 0 Å². The molecule has 2 heterocycles. The first-order valence-corrected chi connectivity index (χ1v) is 10.3. The fraction of sp³-hybridized carbons (Fsp3) is 0.478. The highest BCUT2D eigenvalue weighted by Gasteiger charge is 2.31. The number of aliphatic hydroxyl groups is 1. The molecule has 2 aliphatic rings. The van der Waals surface area contributed by atoms with Crippen molar-refractivity contribution in [2.75, 3.05) is 26.2 Å². The van der Waals surface area contributed by atoms with Gasteiger partial charge in [-0.15, -0.1) is 0 Å². The molecule has 2 amide bonds. The Morgan fingerprint density at radius 3 is 2.68 bits per heavy atom. The molecule has 0 spiro atoms. The van der Waals surface area contributed by atoms with Crippen LogP contribution in [-0.2, 0) is 9.59 Å². The molecule has 0 aliphatic carbocycles. The average Bonchev–Trinajstić information content (AvgIpc) is 2.72. The summed E-state index contributed by atoms with van der Waals surface area (Å²) in [4.78, 5) is 28.0. The number of fused-ring (bicyclic) bond motifs is 1. The smallest absolute Gasteiger partial charge is 0.224 e. The fourth-order valence-corrected chi connectivity index (χ4v) is 4.47. The molecule has 4 rings (SSSR count). The van der Waals surface area contributed by atoms with E-state index in [2.05, 4.69) is 30.3 Å². The van der Waals surface area contributed by atoms with Crippen LogP contribution in [0.5, 0.6) is 0 Å². The van der Waals surface area contributed by atoms with Crippen LogP contribution in [0.2, 0.25) is 0 Å². The molecule has 28 heavy (non-hydrogen) atoms. The number of benzene rings is 2. The van der Waals surface area contributed by atoms with Crippen LogP contribution in [0, 0.1) is 0 Å². The van der Waals surface area contributed by atoms with Gasteiger partial charge < -0.3 is 14.9 Å². The Kier molecular flexibility index (Phi) is 5.62. The molecule has 0 bridgehead atoms. The fourth-order valence-electron chi connectivity index (χ4n) is 4.47. The molecule has 5 nitrogen and oxygen atoms in total. The molecular formula is C23H28N2O3. The molecule has 2 saturated heterocycles. The molecule has 2 unspecified atom stereocenters. The largest absolute Gasteiger partial charge is 0.391 e. The van der Waals surface area contributed by atoms with Gasteiger partial charge in [0.15, 0.2) is 0 Å². The zero-order chi connectivity index (χ0) is 19.5. The Balaban J connectivity index is 1.35. The topological polar surface area (TPSA) is 60.9 Å². The first kappa shape index (κ1) is 18.9. The van der Waals surface area contributed by atoms with Crippen LogP contribution in [0.3, 0.4) is 0 Å². The summed E-state index contributed by atoms with van der Waals surface area (Å²) in [6.45, 7) is 2.28. The highest BCUT2D eigenvalue weighted by Crippen LogP contribution is 2.31. The number of β-amino-alcohol motifs (C(OH)–C–C–N with tert-alkyl or cyclic N) is 1. The molecule has 2 atom stereocenters. The van der Waals surface area contributed by atoms with Gasteiger partial charge in [-0.25, -0.2) is 0 Å². The van der Waals surface area contributed by atoms with Gasteiger partial charge in [0.1, 0.15) is 0 Å². The molecule has 2 aromatic rings. The van der Waals surface area contributed by atoms with Gasteiger partial charge >= 0.3 is 0 Å². The van der Waals surface area contributed by atoms with Crippen LogP contribution in [0.15, 0.2) is 42.5 Å². The van der Waals surface area contributed by atoms with Gasteiger partial charge in [-0.1, -0.05) is 42.5 Å². The number of piperidine rings is 2.